The van der Waals surface area contributed by atoms with Crippen LogP contribution in [0.3, 0.4) is 0 Å². The molecule has 0 heterocycles. The summed E-state index contributed by atoms with van der Waals surface area (Å²) in [6.45, 7) is 3.31. The van der Waals surface area contributed by atoms with E-state index in [9.17, 15) is 9.59 Å². The molecule has 0 aliphatic carbocycles. The van der Waals surface area contributed by atoms with Crippen molar-refractivity contribution in [1.82, 2.24) is 4.90 Å². The van der Waals surface area contributed by atoms with E-state index in [2.05, 4.69) is 0 Å². The molecular weight excluding hydrogens is 258 g/mol. The molecule has 5 nitrogen and oxygen atoms in total. The van der Waals surface area contributed by atoms with Gasteiger partial charge in [0.05, 0.1) is 7.11 Å². The van der Waals surface area contributed by atoms with Crippen molar-refractivity contribution in [3.05, 3.63) is 29.8 Å². The van der Waals surface area contributed by atoms with Crippen molar-refractivity contribution in [3.63, 3.8) is 0 Å². The van der Waals surface area contributed by atoms with Crippen molar-refractivity contribution < 1.29 is 19.4 Å². The summed E-state index contributed by atoms with van der Waals surface area (Å²) < 4.78 is 5.28. The third-order valence-corrected chi connectivity index (χ3v) is 3.12. The molecule has 0 radical (unpaired) electrons. The number of nitrogens with zero attached hydrogens (tertiary/aromatic N) is 1. The number of carbonyl (C=O) groups excluding carboxylic acids is 1. The number of hydrogen-bond donors (Lipinski definition) is 1. The molecule has 0 aromatic heterocycles. The molecule has 0 bridgehead atoms. The Kier molecular flexibility index (Phi) is 5.13. The number of hydrogen-bond acceptors (Lipinski definition) is 3. The SMILES string of the molecule is COc1ccccc1CC(C)(C)C(=O)N(C)CC(=O)O. The van der Waals surface area contributed by atoms with Crippen LogP contribution in [0.2, 0.25) is 0 Å². The number of benzene rings is 1. The predicted octanol–water partition coefficient (Wildman–Crippen LogP) is 1.81. The number of carboxylic acids is 1. The van der Waals surface area contributed by atoms with Gasteiger partial charge in [-0.15, -0.1) is 0 Å². The fraction of sp³-hybridized carbons (Fsp3) is 0.467. The second-order valence-electron chi connectivity index (χ2n) is 5.43. The lowest BCUT2D eigenvalue weighted by atomic mass is 9.84. The summed E-state index contributed by atoms with van der Waals surface area (Å²) in [7, 11) is 3.09. The van der Waals surface area contributed by atoms with Gasteiger partial charge in [-0.05, 0) is 18.1 Å². The van der Waals surface area contributed by atoms with Crippen molar-refractivity contribution in [2.75, 3.05) is 20.7 Å². The molecule has 0 unspecified atom stereocenters. The number of carboxylic acid groups (broad SMARTS) is 1. The first-order valence-electron chi connectivity index (χ1n) is 6.37. The van der Waals surface area contributed by atoms with Crippen LogP contribution in [0.5, 0.6) is 5.75 Å². The van der Waals surface area contributed by atoms with Crippen molar-refractivity contribution in [1.29, 1.82) is 0 Å². The first-order valence-corrected chi connectivity index (χ1v) is 6.37. The summed E-state index contributed by atoms with van der Waals surface area (Å²) >= 11 is 0. The van der Waals surface area contributed by atoms with E-state index in [1.807, 2.05) is 24.3 Å². The largest absolute Gasteiger partial charge is 0.496 e. The molecule has 0 aliphatic rings. The first kappa shape index (κ1) is 16.0. The Balaban J connectivity index is 2.88. The van der Waals surface area contributed by atoms with E-state index in [4.69, 9.17) is 9.84 Å². The highest BCUT2D eigenvalue weighted by molar-refractivity contribution is 5.85. The zero-order valence-electron chi connectivity index (χ0n) is 12.3. The van der Waals surface area contributed by atoms with Crippen LogP contribution in [0.4, 0.5) is 0 Å². The Morgan fingerprint density at radius 3 is 2.45 bits per heavy atom. The molecule has 1 aromatic carbocycles. The Bertz CT molecular complexity index is 496. The molecule has 0 spiro atoms. The van der Waals surface area contributed by atoms with E-state index in [1.165, 1.54) is 11.9 Å². The van der Waals surface area contributed by atoms with E-state index in [1.54, 1.807) is 21.0 Å². The molecule has 1 N–H and O–H groups in total. The second kappa shape index (κ2) is 6.41. The summed E-state index contributed by atoms with van der Waals surface area (Å²) in [6.07, 6.45) is 0.486. The summed E-state index contributed by atoms with van der Waals surface area (Å²) in [5.74, 6) is -0.492. The highest BCUT2D eigenvalue weighted by Crippen LogP contribution is 2.29. The number of likely N-dealkylation sites (N-methyl/N-ethyl adjacent to an activating group) is 1. The van der Waals surface area contributed by atoms with Crippen molar-refractivity contribution >= 4 is 11.9 Å². The minimum atomic E-state index is -1.02. The van der Waals surface area contributed by atoms with Gasteiger partial charge in [-0.25, -0.2) is 0 Å². The Morgan fingerprint density at radius 1 is 1.30 bits per heavy atom. The third kappa shape index (κ3) is 3.98. The molecule has 0 saturated carbocycles. The van der Waals surface area contributed by atoms with Crippen LogP contribution in [-0.4, -0.2) is 42.6 Å². The highest BCUT2D eigenvalue weighted by Gasteiger charge is 2.32. The number of amides is 1. The van der Waals surface area contributed by atoms with Crippen LogP contribution >= 0.6 is 0 Å². The van der Waals surface area contributed by atoms with Gasteiger partial charge >= 0.3 is 5.97 Å². The summed E-state index contributed by atoms with van der Waals surface area (Å²) in [5, 5.41) is 8.76. The molecule has 1 aromatic rings. The quantitative estimate of drug-likeness (QED) is 0.862. The van der Waals surface area contributed by atoms with E-state index in [-0.39, 0.29) is 12.5 Å². The van der Waals surface area contributed by atoms with E-state index in [0.29, 0.717) is 6.42 Å². The van der Waals surface area contributed by atoms with Crippen molar-refractivity contribution in [3.8, 4) is 5.75 Å². The summed E-state index contributed by atoms with van der Waals surface area (Å²) in [6, 6.07) is 7.51. The normalized spacial score (nSPS) is 11.0. The van der Waals surface area contributed by atoms with Gasteiger partial charge in [0, 0.05) is 12.5 Å². The third-order valence-electron chi connectivity index (χ3n) is 3.12. The van der Waals surface area contributed by atoms with Gasteiger partial charge in [0.15, 0.2) is 0 Å². The van der Waals surface area contributed by atoms with Crippen LogP contribution in [0, 0.1) is 5.41 Å². The molecule has 1 rings (SSSR count). The van der Waals surface area contributed by atoms with Crippen LogP contribution in [0.25, 0.3) is 0 Å². The molecule has 1 amide bonds. The number of rotatable bonds is 6. The smallest absolute Gasteiger partial charge is 0.323 e. The maximum atomic E-state index is 12.3. The number of aliphatic carboxylic acids is 1. The molecule has 0 saturated heterocycles. The van der Waals surface area contributed by atoms with E-state index >= 15 is 0 Å². The lowest BCUT2D eigenvalue weighted by Crippen LogP contribution is -2.42. The standard InChI is InChI=1S/C15H21NO4/c1-15(2,14(19)16(3)10-13(17)18)9-11-7-5-6-8-12(11)20-4/h5-8H,9-10H2,1-4H3,(H,17,18). The molecule has 110 valence electrons. The van der Waals surface area contributed by atoms with Gasteiger partial charge in [-0.2, -0.15) is 0 Å². The maximum Gasteiger partial charge on any atom is 0.323 e. The van der Waals surface area contributed by atoms with Gasteiger partial charge in [0.1, 0.15) is 12.3 Å². The summed E-state index contributed by atoms with van der Waals surface area (Å²) in [5.41, 5.74) is 0.232. The summed E-state index contributed by atoms with van der Waals surface area (Å²) in [4.78, 5) is 24.2. The average Bonchev–Trinajstić information content (AvgIpc) is 2.37. The van der Waals surface area contributed by atoms with Gasteiger partial charge < -0.3 is 14.7 Å². The predicted molar refractivity (Wildman–Crippen MR) is 75.8 cm³/mol. The van der Waals surface area contributed by atoms with Crippen molar-refractivity contribution in [2.45, 2.75) is 20.3 Å². The number of para-hydroxylation sites is 1. The lowest BCUT2D eigenvalue weighted by Gasteiger charge is -2.29. The monoisotopic (exact) mass is 279 g/mol. The number of methoxy groups -OCH3 is 1. The second-order valence-corrected chi connectivity index (χ2v) is 5.43. The maximum absolute atomic E-state index is 12.3. The number of ether oxygens (including phenoxy) is 1. The zero-order chi connectivity index (χ0) is 15.3. The molecule has 0 aliphatic heterocycles. The minimum absolute atomic E-state index is 0.203. The van der Waals surface area contributed by atoms with Crippen LogP contribution in [0.1, 0.15) is 19.4 Å². The van der Waals surface area contributed by atoms with Gasteiger partial charge in [-0.3, -0.25) is 9.59 Å². The molecule has 0 fully saturated rings. The van der Waals surface area contributed by atoms with Crippen LogP contribution in [0.15, 0.2) is 24.3 Å². The van der Waals surface area contributed by atoms with E-state index in [0.717, 1.165) is 11.3 Å². The fourth-order valence-corrected chi connectivity index (χ4v) is 2.19. The van der Waals surface area contributed by atoms with Gasteiger partial charge in [-0.1, -0.05) is 32.0 Å². The van der Waals surface area contributed by atoms with Gasteiger partial charge in [0.2, 0.25) is 5.91 Å². The van der Waals surface area contributed by atoms with Crippen molar-refractivity contribution in [2.24, 2.45) is 5.41 Å². The first-order chi connectivity index (χ1) is 9.27. The van der Waals surface area contributed by atoms with Crippen LogP contribution < -0.4 is 4.74 Å². The average molecular weight is 279 g/mol. The van der Waals surface area contributed by atoms with Gasteiger partial charge in [0.25, 0.3) is 0 Å². The zero-order valence-corrected chi connectivity index (χ0v) is 12.3. The van der Waals surface area contributed by atoms with Crippen LogP contribution in [-0.2, 0) is 16.0 Å². The van der Waals surface area contributed by atoms with E-state index < -0.39 is 11.4 Å². The minimum Gasteiger partial charge on any atom is -0.496 e. The Labute approximate surface area is 119 Å². The lowest BCUT2D eigenvalue weighted by molar-refractivity contribution is -0.147. The Hall–Kier alpha value is -2.04. The fourth-order valence-electron chi connectivity index (χ4n) is 2.19. The molecule has 0 atom stereocenters. The topological polar surface area (TPSA) is 66.8 Å². The molecule has 20 heavy (non-hydrogen) atoms. The number of carbonyl (C=O) groups is 2. The Morgan fingerprint density at radius 2 is 1.90 bits per heavy atom. The molecule has 5 heteroatoms. The highest BCUT2D eigenvalue weighted by atomic mass is 16.5. The molecular formula is C15H21NO4.